The minimum atomic E-state index is -0.259. The van der Waals surface area contributed by atoms with Crippen LogP contribution in [-0.2, 0) is 0 Å². The van der Waals surface area contributed by atoms with Crippen LogP contribution in [0.5, 0.6) is 0 Å². The molecule has 0 amide bonds. The summed E-state index contributed by atoms with van der Waals surface area (Å²) in [6, 6.07) is 0. The third-order valence-corrected chi connectivity index (χ3v) is 1.32. The molecule has 1 aromatic rings. The van der Waals surface area contributed by atoms with Crippen LogP contribution < -0.4 is 11.4 Å². The summed E-state index contributed by atoms with van der Waals surface area (Å²) in [5.74, 6) is 5.06. The smallest absolute Gasteiger partial charge is 0.299 e. The Morgan fingerprint density at radius 2 is 2.50 bits per heavy atom. The molecule has 8 heavy (non-hydrogen) atoms. The zero-order valence-electron chi connectivity index (χ0n) is 3.89. The van der Waals surface area contributed by atoms with E-state index in [-0.39, 0.29) is 5.56 Å². The van der Waals surface area contributed by atoms with Crippen molar-refractivity contribution < 1.29 is 0 Å². The van der Waals surface area contributed by atoms with Crippen LogP contribution in [0.15, 0.2) is 15.5 Å². The van der Waals surface area contributed by atoms with Gasteiger partial charge < -0.3 is 5.84 Å². The van der Waals surface area contributed by atoms with E-state index in [1.807, 2.05) is 0 Å². The molecule has 0 aliphatic carbocycles. The first-order chi connectivity index (χ1) is 3.72. The first-order valence-corrected chi connectivity index (χ1v) is 2.72. The maximum atomic E-state index is 10.5. The summed E-state index contributed by atoms with van der Waals surface area (Å²) in [4.78, 5) is 11.4. The van der Waals surface area contributed by atoms with Gasteiger partial charge in [-0.25, -0.2) is 0 Å². The quantitative estimate of drug-likeness (QED) is 0.533. The number of rotatable bonds is 0. The minimum absolute atomic E-state index is 0.259. The summed E-state index contributed by atoms with van der Waals surface area (Å²) in [7, 11) is 0. The predicted molar refractivity (Wildman–Crippen MR) is 32.9 cm³/mol. The van der Waals surface area contributed by atoms with Gasteiger partial charge in [0.25, 0.3) is 5.56 Å². The van der Waals surface area contributed by atoms with E-state index >= 15 is 0 Å². The molecule has 0 aliphatic rings. The van der Waals surface area contributed by atoms with Crippen LogP contribution >= 0.6 is 15.9 Å². The number of hydrogen-bond acceptors (Lipinski definition) is 2. The molecule has 1 rings (SSSR count). The van der Waals surface area contributed by atoms with Gasteiger partial charge in [0, 0.05) is 6.20 Å². The number of nitrogens with one attached hydrogen (secondary N) is 1. The second kappa shape index (κ2) is 1.66. The van der Waals surface area contributed by atoms with Gasteiger partial charge in [0.2, 0.25) is 0 Å². The average Bonchev–Trinajstić information content (AvgIpc) is 1.98. The van der Waals surface area contributed by atoms with Gasteiger partial charge in [0.15, 0.2) is 0 Å². The topological polar surface area (TPSA) is 63.8 Å². The zero-order valence-corrected chi connectivity index (χ0v) is 5.47. The molecule has 3 N–H and O–H groups in total. The van der Waals surface area contributed by atoms with Gasteiger partial charge in [-0.15, -0.1) is 0 Å². The fourth-order valence-corrected chi connectivity index (χ4v) is 0.655. The number of aromatic amines is 1. The number of aromatic nitrogens is 2. The molecule has 0 radical (unpaired) electrons. The molecule has 0 aromatic carbocycles. The normalized spacial score (nSPS) is 9.62. The number of nitrogens with zero attached hydrogens (tertiary/aromatic N) is 1. The van der Waals surface area contributed by atoms with Gasteiger partial charge in [-0.3, -0.25) is 9.89 Å². The second-order valence-electron chi connectivity index (χ2n) is 1.30. The second-order valence-corrected chi connectivity index (χ2v) is 2.15. The van der Waals surface area contributed by atoms with E-state index in [4.69, 9.17) is 5.84 Å². The number of H-pyrrole nitrogens is 1. The molecule has 0 saturated heterocycles. The van der Waals surface area contributed by atoms with Crippen LogP contribution in [0.4, 0.5) is 0 Å². The van der Waals surface area contributed by atoms with Crippen LogP contribution in [0.1, 0.15) is 0 Å². The molecule has 44 valence electrons. The molecule has 1 heterocycles. The largest absolute Gasteiger partial charge is 0.321 e. The Labute approximate surface area is 53.4 Å². The summed E-state index contributed by atoms with van der Waals surface area (Å²) in [5, 5.41) is 2.47. The van der Waals surface area contributed by atoms with Gasteiger partial charge in [-0.1, -0.05) is 0 Å². The highest BCUT2D eigenvalue weighted by Gasteiger charge is 1.95. The van der Waals surface area contributed by atoms with E-state index in [2.05, 4.69) is 21.0 Å². The van der Waals surface area contributed by atoms with Gasteiger partial charge >= 0.3 is 0 Å². The van der Waals surface area contributed by atoms with E-state index in [1.165, 1.54) is 6.20 Å². The Morgan fingerprint density at radius 1 is 1.88 bits per heavy atom. The molecule has 0 saturated carbocycles. The molecule has 0 fully saturated rings. The first-order valence-electron chi connectivity index (χ1n) is 1.93. The Kier molecular flexibility index (Phi) is 1.13. The van der Waals surface area contributed by atoms with Crippen LogP contribution in [0.3, 0.4) is 0 Å². The maximum absolute atomic E-state index is 10.5. The van der Waals surface area contributed by atoms with Crippen molar-refractivity contribution in [2.75, 3.05) is 5.84 Å². The van der Waals surface area contributed by atoms with Gasteiger partial charge in [0.1, 0.15) is 4.47 Å². The van der Waals surface area contributed by atoms with Gasteiger partial charge in [-0.05, 0) is 15.9 Å². The van der Waals surface area contributed by atoms with Crippen LogP contribution in [-0.4, -0.2) is 9.89 Å². The monoisotopic (exact) mass is 177 g/mol. The third-order valence-electron chi connectivity index (χ3n) is 0.753. The Hall–Kier alpha value is -0.710. The molecule has 0 aliphatic heterocycles. The fourth-order valence-electron chi connectivity index (χ4n) is 0.362. The summed E-state index contributed by atoms with van der Waals surface area (Å²) >= 11 is 2.97. The summed E-state index contributed by atoms with van der Waals surface area (Å²) in [6.07, 6.45) is 1.47. The number of hydrogen-bond donors (Lipinski definition) is 2. The van der Waals surface area contributed by atoms with Crippen molar-refractivity contribution in [1.29, 1.82) is 0 Å². The predicted octanol–water partition coefficient (Wildman–Crippen LogP) is -0.347. The lowest BCUT2D eigenvalue weighted by atomic mass is 10.7. The van der Waals surface area contributed by atoms with Crippen molar-refractivity contribution in [2.24, 2.45) is 0 Å². The molecule has 0 atom stereocenters. The molecule has 1 aromatic heterocycles. The number of nitrogen functional groups attached to an aromatic ring is 1. The highest BCUT2D eigenvalue weighted by atomic mass is 79.9. The van der Waals surface area contributed by atoms with Crippen LogP contribution in [0.2, 0.25) is 0 Å². The van der Waals surface area contributed by atoms with Crippen molar-refractivity contribution in [3.05, 3.63) is 21.0 Å². The highest BCUT2D eigenvalue weighted by molar-refractivity contribution is 9.10. The molecule has 4 nitrogen and oxygen atoms in total. The van der Waals surface area contributed by atoms with Crippen molar-refractivity contribution in [2.45, 2.75) is 0 Å². The molecular weight excluding hydrogens is 174 g/mol. The van der Waals surface area contributed by atoms with Crippen molar-refractivity contribution >= 4 is 15.9 Å². The van der Waals surface area contributed by atoms with E-state index < -0.39 is 0 Å². The fraction of sp³-hybridized carbons (Fsp3) is 0. The molecule has 0 bridgehead atoms. The van der Waals surface area contributed by atoms with E-state index in [0.717, 1.165) is 4.79 Å². The van der Waals surface area contributed by atoms with Crippen LogP contribution in [0, 0.1) is 0 Å². The zero-order chi connectivity index (χ0) is 6.15. The Morgan fingerprint density at radius 3 is 2.62 bits per heavy atom. The van der Waals surface area contributed by atoms with Crippen molar-refractivity contribution in [3.63, 3.8) is 0 Å². The maximum Gasteiger partial charge on any atom is 0.299 e. The van der Waals surface area contributed by atoms with Crippen molar-refractivity contribution in [1.82, 2.24) is 9.89 Å². The van der Waals surface area contributed by atoms with Gasteiger partial charge in [-0.2, -0.15) is 4.79 Å². The Balaban J connectivity index is 3.42. The first kappa shape index (κ1) is 5.43. The lowest BCUT2D eigenvalue weighted by molar-refractivity contribution is 0.801. The van der Waals surface area contributed by atoms with E-state index in [1.54, 1.807) is 0 Å². The highest BCUT2D eigenvalue weighted by Crippen LogP contribution is 1.95. The van der Waals surface area contributed by atoms with Crippen molar-refractivity contribution in [3.8, 4) is 0 Å². The number of nitrogens with two attached hydrogens (primary N) is 1. The van der Waals surface area contributed by atoms with E-state index in [9.17, 15) is 4.79 Å². The molecule has 5 heteroatoms. The molecular formula is C3H4BrN3O. The SMILES string of the molecule is Nn1[nH]cc(Br)c1=O. The number of halogens is 1. The lowest BCUT2D eigenvalue weighted by Gasteiger charge is -1.81. The van der Waals surface area contributed by atoms with Gasteiger partial charge in [0.05, 0.1) is 0 Å². The lowest BCUT2D eigenvalue weighted by Crippen LogP contribution is -2.24. The van der Waals surface area contributed by atoms with E-state index in [0.29, 0.717) is 4.47 Å². The average molecular weight is 178 g/mol. The standard InChI is InChI=1S/C3H4BrN3O/c4-2-1-6-7(5)3(2)8/h1,6H,5H2. The third kappa shape index (κ3) is 0.645. The molecule has 0 unspecified atom stereocenters. The molecule has 0 spiro atoms. The summed E-state index contributed by atoms with van der Waals surface area (Å²) < 4.78 is 0.444. The summed E-state index contributed by atoms with van der Waals surface area (Å²) in [6.45, 7) is 0. The Bertz CT molecular complexity index is 214. The summed E-state index contributed by atoms with van der Waals surface area (Å²) in [5.41, 5.74) is -0.259. The minimum Gasteiger partial charge on any atom is -0.321 e. The van der Waals surface area contributed by atoms with Crippen LogP contribution in [0.25, 0.3) is 0 Å².